The molecule has 0 amide bonds. The zero-order chi connectivity index (χ0) is 11.5. The molecule has 4 heteroatoms. The molecule has 0 aromatic carbocycles. The number of nitrogens with zero attached hydrogens (tertiary/aromatic N) is 3. The van der Waals surface area contributed by atoms with Crippen molar-refractivity contribution >= 4 is 5.69 Å². The Hall–Kier alpha value is -1.84. The van der Waals surface area contributed by atoms with Gasteiger partial charge in [-0.1, -0.05) is 0 Å². The molecule has 0 spiro atoms. The summed E-state index contributed by atoms with van der Waals surface area (Å²) in [5.74, 6) is 1.02. The predicted octanol–water partition coefficient (Wildman–Crippen LogP) is 2.30. The minimum Gasteiger partial charge on any atom is -0.374 e. The van der Waals surface area contributed by atoms with Gasteiger partial charge in [-0.2, -0.15) is 0 Å². The van der Waals surface area contributed by atoms with Gasteiger partial charge in [0.25, 0.3) is 0 Å². The van der Waals surface area contributed by atoms with Crippen LogP contribution in [0.5, 0.6) is 0 Å². The lowest BCUT2D eigenvalue weighted by atomic mass is 10.2. The quantitative estimate of drug-likeness (QED) is 0.856. The second-order valence-corrected chi connectivity index (χ2v) is 4.01. The van der Waals surface area contributed by atoms with E-state index in [4.69, 9.17) is 0 Å². The van der Waals surface area contributed by atoms with E-state index in [-0.39, 0.29) is 6.04 Å². The first-order chi connectivity index (χ1) is 7.66. The number of imidazole rings is 1. The van der Waals surface area contributed by atoms with Crippen molar-refractivity contribution in [3.63, 3.8) is 0 Å². The molecular formula is C12H16N4. The molecule has 0 aliphatic rings. The Morgan fingerprint density at radius 3 is 2.81 bits per heavy atom. The summed E-state index contributed by atoms with van der Waals surface area (Å²) in [6.07, 6.45) is 7.42. The molecule has 0 aliphatic carbocycles. The molecule has 0 bridgehead atoms. The summed E-state index contributed by atoms with van der Waals surface area (Å²) in [6.45, 7) is 4.12. The number of hydrogen-bond acceptors (Lipinski definition) is 3. The average Bonchev–Trinajstić information content (AvgIpc) is 2.64. The van der Waals surface area contributed by atoms with Crippen LogP contribution in [0.4, 0.5) is 5.69 Å². The minimum absolute atomic E-state index is 0.170. The average molecular weight is 216 g/mol. The molecule has 4 nitrogen and oxygen atoms in total. The predicted molar refractivity (Wildman–Crippen MR) is 64.2 cm³/mol. The fourth-order valence-corrected chi connectivity index (χ4v) is 1.74. The first-order valence-electron chi connectivity index (χ1n) is 5.32. The van der Waals surface area contributed by atoms with E-state index < -0.39 is 0 Å². The van der Waals surface area contributed by atoms with Gasteiger partial charge in [0.05, 0.1) is 11.7 Å². The summed E-state index contributed by atoms with van der Waals surface area (Å²) in [6, 6.07) is 2.25. The lowest BCUT2D eigenvalue weighted by Gasteiger charge is -2.14. The molecule has 1 unspecified atom stereocenters. The number of nitrogens with one attached hydrogen (secondary N) is 1. The topological polar surface area (TPSA) is 42.7 Å². The molecule has 0 saturated carbocycles. The Morgan fingerprint density at radius 1 is 1.38 bits per heavy atom. The van der Waals surface area contributed by atoms with Crippen LogP contribution in [-0.4, -0.2) is 14.5 Å². The molecule has 2 aromatic heterocycles. The Labute approximate surface area is 95.4 Å². The monoisotopic (exact) mass is 216 g/mol. The molecule has 0 saturated heterocycles. The number of aryl methyl sites for hydroxylation is 2. The molecule has 1 atom stereocenters. The van der Waals surface area contributed by atoms with Crippen molar-refractivity contribution in [1.82, 2.24) is 14.5 Å². The zero-order valence-electron chi connectivity index (χ0n) is 9.81. The summed E-state index contributed by atoms with van der Waals surface area (Å²) >= 11 is 0. The van der Waals surface area contributed by atoms with Crippen LogP contribution in [0, 0.1) is 6.92 Å². The largest absolute Gasteiger partial charge is 0.374 e. The van der Waals surface area contributed by atoms with Crippen LogP contribution in [0.15, 0.2) is 30.9 Å². The van der Waals surface area contributed by atoms with Crippen LogP contribution in [0.25, 0.3) is 0 Å². The van der Waals surface area contributed by atoms with E-state index in [1.807, 2.05) is 43.3 Å². The number of anilines is 1. The standard InChI is InChI=1S/C12H16N4/c1-9-6-11(8-13-7-9)15-10(2)12-14-4-5-16(12)3/h4-8,10,15H,1-3H3. The van der Waals surface area contributed by atoms with Gasteiger partial charge in [-0.15, -0.1) is 0 Å². The summed E-state index contributed by atoms with van der Waals surface area (Å²) in [5, 5.41) is 3.38. The van der Waals surface area contributed by atoms with E-state index >= 15 is 0 Å². The normalized spacial score (nSPS) is 12.4. The number of aromatic nitrogens is 3. The molecule has 2 rings (SSSR count). The van der Waals surface area contributed by atoms with Gasteiger partial charge in [0.1, 0.15) is 5.82 Å². The fraction of sp³-hybridized carbons (Fsp3) is 0.333. The number of pyridine rings is 1. The highest BCUT2D eigenvalue weighted by Crippen LogP contribution is 2.17. The van der Waals surface area contributed by atoms with Crippen LogP contribution in [0.1, 0.15) is 24.4 Å². The van der Waals surface area contributed by atoms with Crippen molar-refractivity contribution in [3.8, 4) is 0 Å². The van der Waals surface area contributed by atoms with Crippen molar-refractivity contribution in [3.05, 3.63) is 42.2 Å². The third-order valence-electron chi connectivity index (χ3n) is 2.50. The minimum atomic E-state index is 0.170. The second kappa shape index (κ2) is 4.35. The molecular weight excluding hydrogens is 200 g/mol. The third-order valence-corrected chi connectivity index (χ3v) is 2.50. The zero-order valence-corrected chi connectivity index (χ0v) is 9.81. The van der Waals surface area contributed by atoms with E-state index in [1.165, 1.54) is 0 Å². The van der Waals surface area contributed by atoms with Gasteiger partial charge in [-0.05, 0) is 25.5 Å². The molecule has 0 aliphatic heterocycles. The van der Waals surface area contributed by atoms with Crippen molar-refractivity contribution in [2.75, 3.05) is 5.32 Å². The van der Waals surface area contributed by atoms with Crippen LogP contribution in [0.2, 0.25) is 0 Å². The van der Waals surface area contributed by atoms with Crippen molar-refractivity contribution in [1.29, 1.82) is 0 Å². The molecule has 1 N–H and O–H groups in total. The summed E-state index contributed by atoms with van der Waals surface area (Å²) < 4.78 is 2.01. The highest BCUT2D eigenvalue weighted by molar-refractivity contribution is 5.43. The van der Waals surface area contributed by atoms with Gasteiger partial charge >= 0.3 is 0 Å². The Kier molecular flexibility index (Phi) is 2.90. The maximum Gasteiger partial charge on any atom is 0.130 e. The summed E-state index contributed by atoms with van der Waals surface area (Å²) in [5.41, 5.74) is 2.17. The van der Waals surface area contributed by atoms with Crippen molar-refractivity contribution < 1.29 is 0 Å². The third kappa shape index (κ3) is 2.21. The maximum atomic E-state index is 4.31. The van der Waals surface area contributed by atoms with E-state index in [0.29, 0.717) is 0 Å². The van der Waals surface area contributed by atoms with Gasteiger partial charge in [-0.3, -0.25) is 4.98 Å². The lowest BCUT2D eigenvalue weighted by Crippen LogP contribution is -2.12. The van der Waals surface area contributed by atoms with E-state index in [9.17, 15) is 0 Å². The first-order valence-corrected chi connectivity index (χ1v) is 5.32. The SMILES string of the molecule is Cc1cncc(NC(C)c2nccn2C)c1. The number of rotatable bonds is 3. The lowest BCUT2D eigenvalue weighted by molar-refractivity contribution is 0.721. The molecule has 0 radical (unpaired) electrons. The Bertz CT molecular complexity index is 475. The maximum absolute atomic E-state index is 4.31. The van der Waals surface area contributed by atoms with E-state index in [0.717, 1.165) is 17.1 Å². The second-order valence-electron chi connectivity index (χ2n) is 4.01. The Morgan fingerprint density at radius 2 is 2.19 bits per heavy atom. The summed E-state index contributed by atoms with van der Waals surface area (Å²) in [4.78, 5) is 8.47. The van der Waals surface area contributed by atoms with Gasteiger partial charge < -0.3 is 9.88 Å². The summed E-state index contributed by atoms with van der Waals surface area (Å²) in [7, 11) is 2.00. The van der Waals surface area contributed by atoms with Gasteiger partial charge in [-0.25, -0.2) is 4.98 Å². The van der Waals surface area contributed by atoms with Crippen LogP contribution < -0.4 is 5.32 Å². The first kappa shape index (κ1) is 10.7. The molecule has 0 fully saturated rings. The molecule has 84 valence electrons. The van der Waals surface area contributed by atoms with Crippen molar-refractivity contribution in [2.24, 2.45) is 7.05 Å². The Balaban J connectivity index is 2.14. The highest BCUT2D eigenvalue weighted by atomic mass is 15.1. The van der Waals surface area contributed by atoms with Crippen LogP contribution in [0.3, 0.4) is 0 Å². The van der Waals surface area contributed by atoms with E-state index in [2.05, 4.69) is 28.3 Å². The van der Waals surface area contributed by atoms with E-state index in [1.54, 1.807) is 0 Å². The molecule has 16 heavy (non-hydrogen) atoms. The van der Waals surface area contributed by atoms with Gasteiger partial charge in [0, 0.05) is 31.8 Å². The number of hydrogen-bond donors (Lipinski definition) is 1. The van der Waals surface area contributed by atoms with Gasteiger partial charge in [0.15, 0.2) is 0 Å². The van der Waals surface area contributed by atoms with Crippen LogP contribution in [-0.2, 0) is 7.05 Å². The smallest absolute Gasteiger partial charge is 0.130 e. The molecule has 2 aromatic rings. The van der Waals surface area contributed by atoms with Gasteiger partial charge in [0.2, 0.25) is 0 Å². The molecule has 2 heterocycles. The highest BCUT2D eigenvalue weighted by Gasteiger charge is 2.09. The van der Waals surface area contributed by atoms with Crippen molar-refractivity contribution in [2.45, 2.75) is 19.9 Å². The fourth-order valence-electron chi connectivity index (χ4n) is 1.74. The van der Waals surface area contributed by atoms with Crippen LogP contribution >= 0.6 is 0 Å².